The average molecular weight is 285 g/mol. The van der Waals surface area contributed by atoms with Crippen molar-refractivity contribution in [1.29, 1.82) is 0 Å². The Bertz CT molecular complexity index is 308. The average Bonchev–Trinajstić information content (AvgIpc) is 2.45. The summed E-state index contributed by atoms with van der Waals surface area (Å²) in [5.74, 6) is -0.637. The van der Waals surface area contributed by atoms with Gasteiger partial charge in [-0.1, -0.05) is 39.5 Å². The fraction of sp³-hybridized carbons (Fsp3) is 0.786. The molecular formula is C14H27N3O3. The summed E-state index contributed by atoms with van der Waals surface area (Å²) in [5, 5.41) is 5.14. The minimum absolute atomic E-state index is 0.0424. The van der Waals surface area contributed by atoms with Crippen LogP contribution in [0.15, 0.2) is 0 Å². The van der Waals surface area contributed by atoms with Gasteiger partial charge in [0.1, 0.15) is 12.3 Å². The van der Waals surface area contributed by atoms with Crippen LogP contribution in [0.25, 0.3) is 0 Å². The fourth-order valence-electron chi connectivity index (χ4n) is 1.78. The number of unbranched alkanes of at least 4 members (excludes halogenated alkanes) is 2. The molecule has 0 aliphatic rings. The maximum atomic E-state index is 11.9. The fourth-order valence-corrected chi connectivity index (χ4v) is 1.78. The number of nitrogens with two attached hydrogens (primary N) is 1. The molecule has 0 fully saturated rings. The molecule has 0 spiro atoms. The Balaban J connectivity index is 4.42. The summed E-state index contributed by atoms with van der Waals surface area (Å²) < 4.78 is 0. The van der Waals surface area contributed by atoms with E-state index in [0.717, 1.165) is 25.7 Å². The first-order valence-electron chi connectivity index (χ1n) is 7.34. The van der Waals surface area contributed by atoms with Gasteiger partial charge in [-0.05, 0) is 12.8 Å². The van der Waals surface area contributed by atoms with E-state index in [0.29, 0.717) is 19.1 Å². The van der Waals surface area contributed by atoms with Crippen molar-refractivity contribution < 1.29 is 14.4 Å². The maximum absolute atomic E-state index is 11.9. The summed E-state index contributed by atoms with van der Waals surface area (Å²) in [4.78, 5) is 34.0. The van der Waals surface area contributed by atoms with Crippen molar-refractivity contribution in [2.45, 2.75) is 64.5 Å². The Kier molecular flexibility index (Phi) is 10.6. The highest BCUT2D eigenvalue weighted by Gasteiger charge is 2.22. The van der Waals surface area contributed by atoms with Crippen molar-refractivity contribution in [3.8, 4) is 0 Å². The van der Waals surface area contributed by atoms with Gasteiger partial charge in [0.15, 0.2) is 0 Å². The van der Waals surface area contributed by atoms with E-state index in [4.69, 9.17) is 5.73 Å². The van der Waals surface area contributed by atoms with Gasteiger partial charge < -0.3 is 21.2 Å². The van der Waals surface area contributed by atoms with E-state index < -0.39 is 12.1 Å². The molecule has 4 N–H and O–H groups in total. The minimum atomic E-state index is -0.616. The lowest BCUT2D eigenvalue weighted by Gasteiger charge is -2.20. The molecule has 0 unspecified atom stereocenters. The van der Waals surface area contributed by atoms with Crippen LogP contribution in [0.1, 0.15) is 52.4 Å². The molecule has 0 saturated heterocycles. The third-order valence-electron chi connectivity index (χ3n) is 3.04. The highest BCUT2D eigenvalue weighted by atomic mass is 16.2. The van der Waals surface area contributed by atoms with Crippen molar-refractivity contribution >= 4 is 18.1 Å². The summed E-state index contributed by atoms with van der Waals surface area (Å²) in [6.45, 7) is 4.00. The third-order valence-corrected chi connectivity index (χ3v) is 3.04. The van der Waals surface area contributed by atoms with Crippen LogP contribution in [0.4, 0.5) is 0 Å². The topological polar surface area (TPSA) is 101 Å². The Morgan fingerprint density at radius 3 is 2.25 bits per heavy atom. The monoisotopic (exact) mass is 285 g/mol. The molecule has 0 rings (SSSR count). The lowest BCUT2D eigenvalue weighted by Crippen LogP contribution is -2.51. The van der Waals surface area contributed by atoms with Gasteiger partial charge in [-0.15, -0.1) is 0 Å². The van der Waals surface area contributed by atoms with Gasteiger partial charge in [0, 0.05) is 0 Å². The first-order chi connectivity index (χ1) is 9.56. The largest absolute Gasteiger partial charge is 0.348 e. The Morgan fingerprint density at radius 1 is 1.10 bits per heavy atom. The molecule has 0 heterocycles. The van der Waals surface area contributed by atoms with E-state index in [2.05, 4.69) is 10.6 Å². The summed E-state index contributed by atoms with van der Waals surface area (Å²) in [5.41, 5.74) is 5.78. The van der Waals surface area contributed by atoms with E-state index >= 15 is 0 Å². The van der Waals surface area contributed by atoms with Crippen LogP contribution in [0.2, 0.25) is 0 Å². The highest BCUT2D eigenvalue weighted by Crippen LogP contribution is 2.03. The molecule has 0 aromatic heterocycles. The summed E-state index contributed by atoms with van der Waals surface area (Å²) in [6.07, 6.45) is 5.38. The number of carbonyl (C=O) groups excluding carboxylic acids is 3. The van der Waals surface area contributed by atoms with Crippen LogP contribution in [0, 0.1) is 0 Å². The van der Waals surface area contributed by atoms with E-state index in [1.54, 1.807) is 0 Å². The zero-order chi connectivity index (χ0) is 15.4. The number of hydrogen-bond acceptors (Lipinski definition) is 4. The maximum Gasteiger partial charge on any atom is 0.242 e. The van der Waals surface area contributed by atoms with E-state index in [1.165, 1.54) is 0 Å². The highest BCUT2D eigenvalue weighted by molar-refractivity contribution is 5.90. The third kappa shape index (κ3) is 7.89. The number of aldehydes is 1. The van der Waals surface area contributed by atoms with Gasteiger partial charge >= 0.3 is 0 Å². The molecule has 0 radical (unpaired) electrons. The van der Waals surface area contributed by atoms with Gasteiger partial charge in [-0.2, -0.15) is 0 Å². The summed E-state index contributed by atoms with van der Waals surface area (Å²) >= 11 is 0. The molecular weight excluding hydrogens is 258 g/mol. The van der Waals surface area contributed by atoms with Crippen molar-refractivity contribution in [2.24, 2.45) is 5.73 Å². The van der Waals surface area contributed by atoms with Crippen LogP contribution in [0.3, 0.4) is 0 Å². The van der Waals surface area contributed by atoms with Crippen LogP contribution in [-0.2, 0) is 14.4 Å². The molecule has 0 saturated carbocycles. The predicted octanol–water partition coefficient (Wildman–Crippen LogP) is 0.494. The number of rotatable bonds is 11. The zero-order valence-electron chi connectivity index (χ0n) is 12.5. The molecule has 0 aliphatic carbocycles. The van der Waals surface area contributed by atoms with Gasteiger partial charge in [-0.25, -0.2) is 0 Å². The quantitative estimate of drug-likeness (QED) is 0.481. The molecule has 0 aromatic rings. The summed E-state index contributed by atoms with van der Waals surface area (Å²) in [7, 11) is 0. The first-order valence-corrected chi connectivity index (χ1v) is 7.34. The Morgan fingerprint density at radius 2 is 1.70 bits per heavy atom. The second kappa shape index (κ2) is 11.4. The van der Waals surface area contributed by atoms with Crippen LogP contribution >= 0.6 is 0 Å². The minimum Gasteiger partial charge on any atom is -0.348 e. The number of nitrogens with one attached hydrogen (secondary N) is 2. The molecule has 2 amide bonds. The van der Waals surface area contributed by atoms with Gasteiger partial charge in [0.05, 0.1) is 12.6 Å². The van der Waals surface area contributed by atoms with Crippen molar-refractivity contribution in [3.05, 3.63) is 0 Å². The van der Waals surface area contributed by atoms with E-state index in [1.807, 2.05) is 13.8 Å². The van der Waals surface area contributed by atoms with Crippen molar-refractivity contribution in [3.63, 3.8) is 0 Å². The number of hydrogen-bond donors (Lipinski definition) is 3. The number of amides is 2. The summed E-state index contributed by atoms with van der Waals surface area (Å²) in [6, 6.07) is -1.20. The second-order valence-electron chi connectivity index (χ2n) is 4.86. The van der Waals surface area contributed by atoms with E-state index in [-0.39, 0.29) is 18.4 Å². The standard InChI is InChI=1S/C14H27N3O3/c1-3-5-7-11(15)13(19)17-12(8-6-4-2)14(20)16-9-10-18/h10-12H,3-9,15H2,1-2H3,(H,16,20)(H,17,19)/t11-,12+/m0/s1. The first kappa shape index (κ1) is 18.6. The smallest absolute Gasteiger partial charge is 0.242 e. The number of carbonyl (C=O) groups is 3. The molecule has 0 bridgehead atoms. The lowest BCUT2D eigenvalue weighted by atomic mass is 10.1. The van der Waals surface area contributed by atoms with Gasteiger partial charge in [-0.3, -0.25) is 9.59 Å². The van der Waals surface area contributed by atoms with E-state index in [9.17, 15) is 14.4 Å². The normalized spacial score (nSPS) is 13.3. The Hall–Kier alpha value is -1.43. The molecule has 6 heteroatoms. The SMILES string of the molecule is CCCC[C@H](N)C(=O)N[C@H](CCCC)C(=O)NCC=O. The zero-order valence-corrected chi connectivity index (χ0v) is 12.5. The lowest BCUT2D eigenvalue weighted by molar-refractivity contribution is -0.130. The second-order valence-corrected chi connectivity index (χ2v) is 4.86. The van der Waals surface area contributed by atoms with Crippen LogP contribution in [-0.4, -0.2) is 36.7 Å². The molecule has 0 aromatic carbocycles. The molecule has 20 heavy (non-hydrogen) atoms. The molecule has 116 valence electrons. The van der Waals surface area contributed by atoms with Crippen LogP contribution < -0.4 is 16.4 Å². The molecule has 0 aliphatic heterocycles. The van der Waals surface area contributed by atoms with Crippen molar-refractivity contribution in [1.82, 2.24) is 10.6 Å². The molecule has 6 nitrogen and oxygen atoms in total. The molecule has 2 atom stereocenters. The predicted molar refractivity (Wildman–Crippen MR) is 78.0 cm³/mol. The van der Waals surface area contributed by atoms with Gasteiger partial charge in [0.25, 0.3) is 0 Å². The Labute approximate surface area is 120 Å². The van der Waals surface area contributed by atoms with Crippen LogP contribution in [0.5, 0.6) is 0 Å². The van der Waals surface area contributed by atoms with Crippen molar-refractivity contribution in [2.75, 3.05) is 6.54 Å². The van der Waals surface area contributed by atoms with Gasteiger partial charge in [0.2, 0.25) is 11.8 Å².